The van der Waals surface area contributed by atoms with Crippen LogP contribution in [0.2, 0.25) is 5.02 Å². The van der Waals surface area contributed by atoms with Crippen LogP contribution in [0.15, 0.2) is 72.8 Å². The van der Waals surface area contributed by atoms with E-state index < -0.39 is 53.1 Å². The summed E-state index contributed by atoms with van der Waals surface area (Å²) in [5.74, 6) is -0.891. The molecule has 3 aromatic rings. The number of rotatable bonds is 16. The monoisotopic (exact) mass is 798 g/mol. The van der Waals surface area contributed by atoms with E-state index in [1.165, 1.54) is 17.7 Å². The van der Waals surface area contributed by atoms with Crippen LogP contribution in [-0.4, -0.2) is 63.5 Å². The Kier molecular flexibility index (Phi) is 14.0. The summed E-state index contributed by atoms with van der Waals surface area (Å²) in [7, 11) is 0. The summed E-state index contributed by atoms with van der Waals surface area (Å²) < 4.78 is 6.43. The third-order valence-corrected chi connectivity index (χ3v) is 11.2. The van der Waals surface area contributed by atoms with Crippen molar-refractivity contribution in [1.29, 1.82) is 0 Å². The first-order valence-electron chi connectivity index (χ1n) is 19.4. The highest BCUT2D eigenvalue weighted by atomic mass is 35.5. The number of amides is 5. The first-order valence-corrected chi connectivity index (χ1v) is 19.7. The Bertz CT molecular complexity index is 2050. The molecule has 11 nitrogen and oxygen atoms in total. The van der Waals surface area contributed by atoms with Gasteiger partial charge in [-0.1, -0.05) is 123 Å². The van der Waals surface area contributed by atoms with Gasteiger partial charge in [-0.25, -0.2) is 14.5 Å². The van der Waals surface area contributed by atoms with Crippen molar-refractivity contribution in [1.82, 2.24) is 9.80 Å². The van der Waals surface area contributed by atoms with Crippen LogP contribution in [0.5, 0.6) is 5.75 Å². The zero-order valence-corrected chi connectivity index (χ0v) is 35.4. The zero-order valence-electron chi connectivity index (χ0n) is 34.6. The largest absolute Gasteiger partial charge is 0.480 e. The summed E-state index contributed by atoms with van der Waals surface area (Å²) in [4.78, 5) is 82.8. The number of ketones is 1. The molecule has 1 heterocycles. The van der Waals surface area contributed by atoms with E-state index in [1.54, 1.807) is 63.1 Å². The highest BCUT2D eigenvalue weighted by Gasteiger charge is 2.53. The van der Waals surface area contributed by atoms with E-state index in [0.29, 0.717) is 22.6 Å². The highest BCUT2D eigenvalue weighted by molar-refractivity contribution is 6.34. The molecule has 304 valence electrons. The number of benzene rings is 3. The van der Waals surface area contributed by atoms with Crippen molar-refractivity contribution in [3.05, 3.63) is 94.5 Å². The van der Waals surface area contributed by atoms with Gasteiger partial charge in [0.2, 0.25) is 0 Å². The van der Waals surface area contributed by atoms with Crippen molar-refractivity contribution in [2.24, 2.45) is 5.41 Å². The number of imide groups is 1. The molecule has 1 aliphatic heterocycles. The van der Waals surface area contributed by atoms with E-state index in [1.807, 2.05) is 19.1 Å². The van der Waals surface area contributed by atoms with Crippen LogP contribution in [0.25, 0.3) is 0 Å². The number of halogens is 1. The summed E-state index contributed by atoms with van der Waals surface area (Å²) in [5, 5.41) is 5.54. The van der Waals surface area contributed by atoms with Crippen LogP contribution in [-0.2, 0) is 41.3 Å². The molecule has 3 atom stereocenters. The standard InChI is InChI=1S/C45H55ClN4O7/c1-11-35(57-36-22-19-29(44(7,8)12-2)25-31(36)45(9,10)13-3)39(53)47-30-20-21-32(46)33(26-30)48-40(54)37(38(52)43(4,5)6)50-41(55)34(23-24-51)49(42(50)56)27-28-17-15-14-16-18-28/h14-23,25-26,34-35,37H,11-13,27H2,1-10H3,(H,47,53)(H,48,54). The Balaban J connectivity index is 1.62. The van der Waals surface area contributed by atoms with Crippen molar-refractivity contribution in [2.45, 2.75) is 124 Å². The van der Waals surface area contributed by atoms with Gasteiger partial charge in [-0.2, -0.15) is 0 Å². The second-order valence-electron chi connectivity index (χ2n) is 16.7. The van der Waals surface area contributed by atoms with Gasteiger partial charge >= 0.3 is 6.03 Å². The third-order valence-electron chi connectivity index (χ3n) is 10.9. The number of carbonyl (C=O) groups excluding carboxylic acids is 6. The number of hydrogen-bond donors (Lipinski definition) is 2. The lowest BCUT2D eigenvalue weighted by Gasteiger charge is -2.31. The Labute approximate surface area is 341 Å². The van der Waals surface area contributed by atoms with Gasteiger partial charge < -0.3 is 20.3 Å². The fourth-order valence-electron chi connectivity index (χ4n) is 6.38. The molecule has 1 fully saturated rings. The molecule has 1 aliphatic rings. The Morgan fingerprint density at radius 3 is 2.09 bits per heavy atom. The SMILES string of the molecule is CCC(Oc1ccc(C(C)(C)CC)cc1C(C)(C)CC)C(=O)Nc1ccc(Cl)c(NC(=O)C(C(=O)C(C)(C)C)N2C(=O)C(C=C=O)N(Cc3ccccc3)C2=O)c1. The molecule has 0 radical (unpaired) electrons. The number of urea groups is 1. The van der Waals surface area contributed by atoms with Gasteiger partial charge in [0.25, 0.3) is 17.7 Å². The molecule has 3 unspecified atom stereocenters. The maximum absolute atomic E-state index is 14.1. The minimum atomic E-state index is -1.92. The van der Waals surface area contributed by atoms with E-state index in [0.717, 1.165) is 29.4 Å². The minimum absolute atomic E-state index is 0.0193. The predicted molar refractivity (Wildman–Crippen MR) is 223 cm³/mol. The first-order chi connectivity index (χ1) is 26.7. The van der Waals surface area contributed by atoms with Crippen molar-refractivity contribution in [3.63, 3.8) is 0 Å². The maximum Gasteiger partial charge on any atom is 0.329 e. The average Bonchev–Trinajstić information content (AvgIpc) is 3.38. The fourth-order valence-corrected chi connectivity index (χ4v) is 6.54. The number of carbonyl (C=O) groups is 5. The Morgan fingerprint density at radius 1 is 0.860 bits per heavy atom. The van der Waals surface area contributed by atoms with Crippen LogP contribution >= 0.6 is 11.6 Å². The molecule has 4 rings (SSSR count). The quantitative estimate of drug-likeness (QED) is 0.0839. The summed E-state index contributed by atoms with van der Waals surface area (Å²) in [6.07, 6.45) is 2.18. The molecular weight excluding hydrogens is 744 g/mol. The number of ether oxygens (including phenoxy) is 1. The van der Waals surface area contributed by atoms with Crippen LogP contribution in [0.3, 0.4) is 0 Å². The lowest BCUT2D eigenvalue weighted by atomic mass is 9.76. The van der Waals surface area contributed by atoms with Gasteiger partial charge in [0.1, 0.15) is 17.7 Å². The van der Waals surface area contributed by atoms with Crippen molar-refractivity contribution >= 4 is 58.5 Å². The Hall–Kier alpha value is -5.25. The molecule has 0 saturated carbocycles. The van der Waals surface area contributed by atoms with Crippen LogP contribution in [0.1, 0.15) is 105 Å². The normalized spacial score (nSPS) is 15.8. The van der Waals surface area contributed by atoms with E-state index >= 15 is 0 Å². The number of anilines is 2. The van der Waals surface area contributed by atoms with Crippen molar-refractivity contribution < 1.29 is 33.5 Å². The molecule has 57 heavy (non-hydrogen) atoms. The molecule has 3 aromatic carbocycles. The lowest BCUT2D eigenvalue weighted by molar-refractivity contribution is -0.143. The van der Waals surface area contributed by atoms with Crippen molar-refractivity contribution in [2.75, 3.05) is 10.6 Å². The van der Waals surface area contributed by atoms with E-state index in [-0.39, 0.29) is 33.8 Å². The zero-order chi connectivity index (χ0) is 42.5. The second kappa shape index (κ2) is 17.9. The van der Waals surface area contributed by atoms with Gasteiger partial charge in [0, 0.05) is 29.3 Å². The highest BCUT2D eigenvalue weighted by Crippen LogP contribution is 2.39. The average molecular weight is 799 g/mol. The summed E-state index contributed by atoms with van der Waals surface area (Å²) >= 11 is 6.53. The molecule has 0 spiro atoms. The fraction of sp³-hybridized carbons (Fsp3) is 0.444. The van der Waals surface area contributed by atoms with Gasteiger partial charge in [-0.3, -0.25) is 19.2 Å². The molecule has 0 bridgehead atoms. The molecule has 0 aromatic heterocycles. The lowest BCUT2D eigenvalue weighted by Crippen LogP contribution is -2.55. The smallest absolute Gasteiger partial charge is 0.329 e. The minimum Gasteiger partial charge on any atom is -0.480 e. The number of nitrogens with one attached hydrogen (secondary N) is 2. The van der Waals surface area contributed by atoms with Crippen molar-refractivity contribution in [3.8, 4) is 5.75 Å². The number of nitrogens with zero attached hydrogens (tertiary/aromatic N) is 2. The predicted octanol–water partition coefficient (Wildman–Crippen LogP) is 8.65. The van der Waals surface area contributed by atoms with Crippen LogP contribution < -0.4 is 15.4 Å². The first kappa shape index (κ1) is 44.5. The molecular formula is C45H55ClN4O7. The van der Waals surface area contributed by atoms with Gasteiger partial charge in [-0.15, -0.1) is 0 Å². The maximum atomic E-state index is 14.1. The van der Waals surface area contributed by atoms with Crippen LogP contribution in [0.4, 0.5) is 16.2 Å². The molecule has 0 aliphatic carbocycles. The van der Waals surface area contributed by atoms with Gasteiger partial charge in [0.15, 0.2) is 17.9 Å². The second-order valence-corrected chi connectivity index (χ2v) is 17.1. The van der Waals surface area contributed by atoms with Gasteiger partial charge in [-0.05, 0) is 65.5 Å². The van der Waals surface area contributed by atoms with E-state index in [9.17, 15) is 28.8 Å². The molecule has 5 amide bonds. The number of hydrogen-bond acceptors (Lipinski definition) is 7. The van der Waals surface area contributed by atoms with E-state index in [2.05, 4.69) is 58.2 Å². The summed E-state index contributed by atoms with van der Waals surface area (Å²) in [5.41, 5.74) is 1.70. The molecule has 12 heteroatoms. The third kappa shape index (κ3) is 10.0. The van der Waals surface area contributed by atoms with E-state index in [4.69, 9.17) is 16.3 Å². The van der Waals surface area contributed by atoms with Crippen LogP contribution in [0, 0.1) is 5.41 Å². The number of Topliss-reactive ketones (excluding diaryl/α,β-unsaturated/α-hetero) is 1. The van der Waals surface area contributed by atoms with Gasteiger partial charge in [0.05, 0.1) is 10.7 Å². The molecule has 1 saturated heterocycles. The summed E-state index contributed by atoms with van der Waals surface area (Å²) in [6.45, 7) is 19.4. The Morgan fingerprint density at radius 2 is 1.51 bits per heavy atom. The summed E-state index contributed by atoms with van der Waals surface area (Å²) in [6, 6.07) is 15.2. The molecule has 2 N–H and O–H groups in total. The topological polar surface area (TPSA) is 142 Å².